The van der Waals surface area contributed by atoms with Crippen LogP contribution in [0.5, 0.6) is 0 Å². The van der Waals surface area contributed by atoms with Crippen molar-refractivity contribution in [3.63, 3.8) is 0 Å². The van der Waals surface area contributed by atoms with Gasteiger partial charge in [0.1, 0.15) is 0 Å². The number of hydrogen-bond acceptors (Lipinski definition) is 5. The quantitative estimate of drug-likeness (QED) is 0.340. The van der Waals surface area contributed by atoms with Crippen molar-refractivity contribution in [2.45, 2.75) is 65.2 Å². The topological polar surface area (TPSA) is 78.6 Å². The number of carbonyl (C=O) groups excluding carboxylic acids is 2. The van der Waals surface area contributed by atoms with Crippen LogP contribution in [0.15, 0.2) is 11.8 Å². The van der Waals surface area contributed by atoms with Gasteiger partial charge in [-0.1, -0.05) is 38.5 Å². The molecule has 0 rings (SSSR count). The summed E-state index contributed by atoms with van der Waals surface area (Å²) in [5, 5.41) is 0. The largest absolute Gasteiger partial charge is 0.466 e. The van der Waals surface area contributed by atoms with E-state index in [-0.39, 0.29) is 11.9 Å². The average Bonchev–Trinajstić information content (AvgIpc) is 2.38. The minimum absolute atomic E-state index is 0.201. The van der Waals surface area contributed by atoms with Gasteiger partial charge in [-0.2, -0.15) is 0 Å². The molecule has 0 spiro atoms. The fraction of sp³-hybridized carbons (Fsp3) is 0.750. The lowest BCUT2D eigenvalue weighted by Crippen LogP contribution is -2.05. The first-order valence-electron chi connectivity index (χ1n) is 7.76. The number of nitrogens with two attached hydrogens (primary N) is 1. The van der Waals surface area contributed by atoms with Gasteiger partial charge in [0.2, 0.25) is 0 Å². The second-order valence-corrected chi connectivity index (χ2v) is 5.22. The van der Waals surface area contributed by atoms with Crippen molar-refractivity contribution in [1.29, 1.82) is 0 Å². The Bertz CT molecular complexity index is 322. The van der Waals surface area contributed by atoms with Crippen LogP contribution < -0.4 is 5.73 Å². The summed E-state index contributed by atoms with van der Waals surface area (Å²) in [7, 11) is 0. The van der Waals surface area contributed by atoms with Gasteiger partial charge in [0.25, 0.3) is 0 Å². The number of carbonyl (C=O) groups is 2. The molecule has 0 saturated heterocycles. The molecule has 21 heavy (non-hydrogen) atoms. The molecule has 2 N–H and O–H groups in total. The Kier molecular flexibility index (Phi) is 12.5. The number of esters is 2. The zero-order valence-corrected chi connectivity index (χ0v) is 13.4. The highest BCUT2D eigenvalue weighted by molar-refractivity contribution is 5.82. The number of unbranched alkanes of at least 4 members (excludes halogenated alkanes) is 7. The van der Waals surface area contributed by atoms with Gasteiger partial charge in [-0.3, -0.25) is 4.79 Å². The summed E-state index contributed by atoms with van der Waals surface area (Å²) in [4.78, 5) is 21.7. The molecule has 5 heteroatoms. The van der Waals surface area contributed by atoms with Gasteiger partial charge in [-0.05, 0) is 19.8 Å². The van der Waals surface area contributed by atoms with Gasteiger partial charge in [-0.25, -0.2) is 4.79 Å². The highest BCUT2D eigenvalue weighted by atomic mass is 16.5. The van der Waals surface area contributed by atoms with Gasteiger partial charge in [-0.15, -0.1) is 0 Å². The summed E-state index contributed by atoms with van der Waals surface area (Å²) in [5.74, 6) is -0.560. The van der Waals surface area contributed by atoms with Crippen molar-refractivity contribution in [2.24, 2.45) is 5.73 Å². The maximum Gasteiger partial charge on any atom is 0.332 e. The maximum atomic E-state index is 11.1. The van der Waals surface area contributed by atoms with Crippen LogP contribution in [0.3, 0.4) is 0 Å². The molecule has 5 nitrogen and oxygen atoms in total. The van der Waals surface area contributed by atoms with E-state index in [1.807, 2.05) is 0 Å². The Morgan fingerprint density at radius 2 is 1.24 bits per heavy atom. The summed E-state index contributed by atoms with van der Waals surface area (Å²) < 4.78 is 9.87. The van der Waals surface area contributed by atoms with Gasteiger partial charge >= 0.3 is 11.9 Å². The highest BCUT2D eigenvalue weighted by Crippen LogP contribution is 2.08. The minimum Gasteiger partial charge on any atom is -0.466 e. The SMILES string of the molecule is CC(=O)OCCCCCCCCCCOC(=O)/C=C(/C)N. The van der Waals surface area contributed by atoms with Gasteiger partial charge < -0.3 is 15.2 Å². The van der Waals surface area contributed by atoms with Crippen molar-refractivity contribution in [1.82, 2.24) is 0 Å². The van der Waals surface area contributed by atoms with E-state index in [0.29, 0.717) is 18.9 Å². The normalized spacial score (nSPS) is 11.2. The predicted octanol–water partition coefficient (Wildman–Crippen LogP) is 3.08. The zero-order chi connectivity index (χ0) is 15.9. The van der Waals surface area contributed by atoms with Crippen molar-refractivity contribution in [2.75, 3.05) is 13.2 Å². The van der Waals surface area contributed by atoms with Crippen LogP contribution in [0.1, 0.15) is 65.2 Å². The van der Waals surface area contributed by atoms with Crippen LogP contribution in [-0.4, -0.2) is 25.2 Å². The van der Waals surface area contributed by atoms with Crippen molar-refractivity contribution in [3.05, 3.63) is 11.8 Å². The molecule has 0 atom stereocenters. The van der Waals surface area contributed by atoms with Crippen LogP contribution in [0.25, 0.3) is 0 Å². The lowest BCUT2D eigenvalue weighted by molar-refractivity contribution is -0.141. The fourth-order valence-corrected chi connectivity index (χ4v) is 1.88. The first-order chi connectivity index (χ1) is 10.0. The van der Waals surface area contributed by atoms with Crippen LogP contribution >= 0.6 is 0 Å². The molecule has 0 radical (unpaired) electrons. The summed E-state index contributed by atoms with van der Waals surface area (Å²) in [5.41, 5.74) is 5.84. The van der Waals surface area contributed by atoms with Crippen LogP contribution in [-0.2, 0) is 19.1 Å². The molecule has 0 aromatic carbocycles. The van der Waals surface area contributed by atoms with E-state index in [1.54, 1.807) is 6.92 Å². The third-order valence-corrected chi connectivity index (χ3v) is 2.93. The molecule has 0 aromatic heterocycles. The molecule has 0 heterocycles. The molecule has 0 aliphatic rings. The smallest absolute Gasteiger partial charge is 0.332 e. The number of hydrogen-bond donors (Lipinski definition) is 1. The van der Waals surface area contributed by atoms with E-state index < -0.39 is 0 Å². The molecular formula is C16H29NO4. The molecular weight excluding hydrogens is 270 g/mol. The molecule has 0 aliphatic heterocycles. The second-order valence-electron chi connectivity index (χ2n) is 5.22. The minimum atomic E-state index is -0.359. The molecule has 0 aromatic rings. The molecule has 0 bridgehead atoms. The van der Waals surface area contributed by atoms with Gasteiger partial charge in [0.05, 0.1) is 13.2 Å². The van der Waals surface area contributed by atoms with Gasteiger partial charge in [0, 0.05) is 18.7 Å². The van der Waals surface area contributed by atoms with Crippen molar-refractivity contribution < 1.29 is 19.1 Å². The zero-order valence-electron chi connectivity index (χ0n) is 13.4. The number of rotatable bonds is 12. The third-order valence-electron chi connectivity index (χ3n) is 2.93. The molecule has 122 valence electrons. The van der Waals surface area contributed by atoms with Crippen molar-refractivity contribution >= 4 is 11.9 Å². The van der Waals surface area contributed by atoms with Gasteiger partial charge in [0.15, 0.2) is 0 Å². The highest BCUT2D eigenvalue weighted by Gasteiger charge is 1.98. The Labute approximate surface area is 127 Å². The van der Waals surface area contributed by atoms with E-state index >= 15 is 0 Å². The summed E-state index contributed by atoms with van der Waals surface area (Å²) in [6.45, 7) is 4.10. The van der Waals surface area contributed by atoms with E-state index in [4.69, 9.17) is 15.2 Å². The molecule has 0 saturated carbocycles. The Morgan fingerprint density at radius 1 is 0.810 bits per heavy atom. The average molecular weight is 299 g/mol. The van der Waals surface area contributed by atoms with Crippen LogP contribution in [0.2, 0.25) is 0 Å². The third kappa shape index (κ3) is 16.4. The fourth-order valence-electron chi connectivity index (χ4n) is 1.88. The standard InChI is InChI=1S/C16H29NO4/c1-14(17)13-16(19)21-12-10-8-6-4-3-5-7-9-11-20-15(2)18/h13H,3-12,17H2,1-2H3/b14-13-. The summed E-state index contributed by atoms with van der Waals surface area (Å²) in [6.07, 6.45) is 10.1. The predicted molar refractivity (Wildman–Crippen MR) is 82.5 cm³/mol. The van der Waals surface area contributed by atoms with E-state index in [9.17, 15) is 9.59 Å². The Hall–Kier alpha value is -1.52. The molecule has 0 aliphatic carbocycles. The molecule has 0 fully saturated rings. The first kappa shape index (κ1) is 19.5. The molecule has 0 unspecified atom stereocenters. The van der Waals surface area contributed by atoms with E-state index in [2.05, 4.69) is 0 Å². The van der Waals surface area contributed by atoms with E-state index in [1.165, 1.54) is 32.3 Å². The lowest BCUT2D eigenvalue weighted by atomic mass is 10.1. The number of allylic oxidation sites excluding steroid dienone is 1. The Balaban J connectivity index is 3.17. The lowest BCUT2D eigenvalue weighted by Gasteiger charge is -2.04. The maximum absolute atomic E-state index is 11.1. The Morgan fingerprint density at radius 3 is 1.67 bits per heavy atom. The van der Waals surface area contributed by atoms with E-state index in [0.717, 1.165) is 32.1 Å². The number of ether oxygens (including phenoxy) is 2. The van der Waals surface area contributed by atoms with Crippen LogP contribution in [0, 0.1) is 0 Å². The van der Waals surface area contributed by atoms with Crippen LogP contribution in [0.4, 0.5) is 0 Å². The second kappa shape index (κ2) is 13.5. The van der Waals surface area contributed by atoms with Crippen molar-refractivity contribution in [3.8, 4) is 0 Å². The first-order valence-corrected chi connectivity index (χ1v) is 7.76. The summed E-state index contributed by atoms with van der Waals surface area (Å²) in [6, 6.07) is 0. The summed E-state index contributed by atoms with van der Waals surface area (Å²) >= 11 is 0. The monoisotopic (exact) mass is 299 g/mol. The molecule has 0 amide bonds.